The standard InChI is InChI=1S/C28H36FNO2.ClH/c1-5-7-8-9-10-21-15-22(20-11-12-20)13-18(3)27(21)23-14-19(4)28(29)24(16-23)25(30)17-26(31)32-6-2;/h5,13-16,20,25H,1,6-12,17,30H2,2-4H3;1H/t25-;/m0./s1. The summed E-state index contributed by atoms with van der Waals surface area (Å²) in [5.74, 6) is -0.0705. The minimum Gasteiger partial charge on any atom is -0.466 e. The first-order valence-corrected chi connectivity index (χ1v) is 11.8. The average molecular weight is 474 g/mol. The van der Waals surface area contributed by atoms with Crippen molar-refractivity contribution < 1.29 is 13.9 Å². The van der Waals surface area contributed by atoms with Crippen LogP contribution in [0.15, 0.2) is 36.9 Å². The number of hydrogen-bond donors (Lipinski definition) is 1. The number of allylic oxidation sites excluding steroid dienone is 1. The van der Waals surface area contributed by atoms with Gasteiger partial charge in [-0.3, -0.25) is 4.79 Å². The maximum absolute atomic E-state index is 15.0. The van der Waals surface area contributed by atoms with E-state index >= 15 is 4.39 Å². The Hall–Kier alpha value is -2.17. The minimum atomic E-state index is -0.741. The monoisotopic (exact) mass is 473 g/mol. The van der Waals surface area contributed by atoms with Gasteiger partial charge in [-0.05, 0) is 111 Å². The number of benzene rings is 2. The molecule has 1 saturated carbocycles. The summed E-state index contributed by atoms with van der Waals surface area (Å²) >= 11 is 0. The number of esters is 1. The zero-order valence-corrected chi connectivity index (χ0v) is 20.9. The summed E-state index contributed by atoms with van der Waals surface area (Å²) in [4.78, 5) is 11.9. The molecule has 0 radical (unpaired) electrons. The molecule has 0 heterocycles. The highest BCUT2D eigenvalue weighted by atomic mass is 35.5. The number of rotatable bonds is 11. The number of nitrogens with two attached hydrogens (primary N) is 1. The van der Waals surface area contributed by atoms with E-state index in [-0.39, 0.29) is 31.3 Å². The van der Waals surface area contributed by atoms with Gasteiger partial charge in [0.1, 0.15) is 5.82 Å². The summed E-state index contributed by atoms with van der Waals surface area (Å²) in [7, 11) is 0. The molecule has 2 aromatic carbocycles. The van der Waals surface area contributed by atoms with Gasteiger partial charge in [0.15, 0.2) is 0 Å². The molecule has 180 valence electrons. The second-order valence-corrected chi connectivity index (χ2v) is 8.99. The molecule has 1 aliphatic carbocycles. The Balaban J connectivity index is 0.00000385. The summed E-state index contributed by atoms with van der Waals surface area (Å²) in [5.41, 5.74) is 13.2. The molecule has 0 aliphatic heterocycles. The van der Waals surface area contributed by atoms with Gasteiger partial charge < -0.3 is 10.5 Å². The molecule has 0 saturated heterocycles. The zero-order chi connectivity index (χ0) is 23.3. The molecule has 0 aromatic heterocycles. The molecule has 0 spiro atoms. The van der Waals surface area contributed by atoms with Crippen LogP contribution < -0.4 is 5.73 Å². The van der Waals surface area contributed by atoms with Crippen LogP contribution in [-0.4, -0.2) is 12.6 Å². The number of carbonyl (C=O) groups is 1. The third-order valence-electron chi connectivity index (χ3n) is 6.26. The first kappa shape index (κ1) is 27.1. The van der Waals surface area contributed by atoms with Crippen molar-refractivity contribution in [2.24, 2.45) is 5.73 Å². The third kappa shape index (κ3) is 6.91. The van der Waals surface area contributed by atoms with E-state index in [1.54, 1.807) is 13.8 Å². The van der Waals surface area contributed by atoms with Gasteiger partial charge >= 0.3 is 5.97 Å². The first-order chi connectivity index (χ1) is 15.3. The van der Waals surface area contributed by atoms with Gasteiger partial charge in [0.25, 0.3) is 0 Å². The molecule has 2 N–H and O–H groups in total. The van der Waals surface area contributed by atoms with Gasteiger partial charge in [-0.25, -0.2) is 4.39 Å². The van der Waals surface area contributed by atoms with Crippen LogP contribution in [0.3, 0.4) is 0 Å². The van der Waals surface area contributed by atoms with Crippen LogP contribution >= 0.6 is 12.4 Å². The molecule has 1 fully saturated rings. The van der Waals surface area contributed by atoms with Crippen molar-refractivity contribution >= 4 is 18.4 Å². The molecule has 3 rings (SSSR count). The van der Waals surface area contributed by atoms with Crippen LogP contribution in [0.1, 0.15) is 85.2 Å². The number of halogens is 2. The fraction of sp³-hybridized carbons (Fsp3) is 0.464. The molecular weight excluding hydrogens is 437 g/mol. The lowest BCUT2D eigenvalue weighted by Crippen LogP contribution is -2.19. The van der Waals surface area contributed by atoms with E-state index in [1.807, 2.05) is 18.2 Å². The highest BCUT2D eigenvalue weighted by Crippen LogP contribution is 2.43. The van der Waals surface area contributed by atoms with E-state index in [0.29, 0.717) is 17.0 Å². The van der Waals surface area contributed by atoms with E-state index < -0.39 is 12.0 Å². The predicted octanol–water partition coefficient (Wildman–Crippen LogP) is 7.26. The van der Waals surface area contributed by atoms with Crippen molar-refractivity contribution in [3.63, 3.8) is 0 Å². The Morgan fingerprint density at radius 2 is 1.94 bits per heavy atom. The fourth-order valence-electron chi connectivity index (χ4n) is 4.48. The fourth-order valence-corrected chi connectivity index (χ4v) is 4.48. The van der Waals surface area contributed by atoms with Gasteiger partial charge in [0.2, 0.25) is 0 Å². The van der Waals surface area contributed by atoms with Crippen molar-refractivity contribution in [1.29, 1.82) is 0 Å². The predicted molar refractivity (Wildman–Crippen MR) is 136 cm³/mol. The van der Waals surface area contributed by atoms with E-state index in [1.165, 1.54) is 35.1 Å². The molecule has 3 nitrogen and oxygen atoms in total. The Labute approximate surface area is 204 Å². The highest BCUT2D eigenvalue weighted by molar-refractivity contribution is 5.85. The van der Waals surface area contributed by atoms with E-state index in [2.05, 4.69) is 25.6 Å². The van der Waals surface area contributed by atoms with Crippen molar-refractivity contribution in [3.8, 4) is 11.1 Å². The summed E-state index contributed by atoms with van der Waals surface area (Å²) in [5, 5.41) is 0. The number of hydrogen-bond acceptors (Lipinski definition) is 3. The largest absolute Gasteiger partial charge is 0.466 e. The van der Waals surface area contributed by atoms with Gasteiger partial charge in [-0.1, -0.05) is 18.2 Å². The molecule has 1 aliphatic rings. The minimum absolute atomic E-state index is 0. The lowest BCUT2D eigenvalue weighted by Gasteiger charge is -2.20. The molecular formula is C28H37ClFNO2. The Bertz CT molecular complexity index is 984. The lowest BCUT2D eigenvalue weighted by atomic mass is 9.87. The van der Waals surface area contributed by atoms with Crippen molar-refractivity contribution in [2.75, 3.05) is 6.61 Å². The first-order valence-electron chi connectivity index (χ1n) is 11.8. The molecule has 33 heavy (non-hydrogen) atoms. The van der Waals surface area contributed by atoms with Gasteiger partial charge in [0.05, 0.1) is 13.0 Å². The number of ether oxygens (including phenoxy) is 1. The molecule has 2 aromatic rings. The van der Waals surface area contributed by atoms with Crippen molar-refractivity contribution in [2.45, 2.75) is 77.7 Å². The maximum atomic E-state index is 15.0. The smallest absolute Gasteiger partial charge is 0.307 e. The van der Waals surface area contributed by atoms with Crippen LogP contribution in [0.25, 0.3) is 11.1 Å². The maximum Gasteiger partial charge on any atom is 0.307 e. The molecule has 0 unspecified atom stereocenters. The Morgan fingerprint density at radius 1 is 1.21 bits per heavy atom. The molecule has 1 atom stereocenters. The average Bonchev–Trinajstić information content (AvgIpc) is 3.58. The lowest BCUT2D eigenvalue weighted by molar-refractivity contribution is -0.143. The normalized spacial score (nSPS) is 13.8. The van der Waals surface area contributed by atoms with Crippen LogP contribution in [-0.2, 0) is 16.0 Å². The Morgan fingerprint density at radius 3 is 2.58 bits per heavy atom. The van der Waals surface area contributed by atoms with Gasteiger partial charge in [-0.2, -0.15) is 0 Å². The van der Waals surface area contributed by atoms with Crippen LogP contribution in [0.5, 0.6) is 0 Å². The summed E-state index contributed by atoms with van der Waals surface area (Å²) in [6.45, 7) is 9.77. The summed E-state index contributed by atoms with van der Waals surface area (Å²) < 4.78 is 20.0. The van der Waals surface area contributed by atoms with Crippen LogP contribution in [0.2, 0.25) is 0 Å². The number of aryl methyl sites for hydroxylation is 3. The zero-order valence-electron chi connectivity index (χ0n) is 20.1. The molecule has 5 heteroatoms. The summed E-state index contributed by atoms with van der Waals surface area (Å²) in [6, 6.07) is 7.64. The van der Waals surface area contributed by atoms with Gasteiger partial charge in [0, 0.05) is 11.6 Å². The number of unbranched alkanes of at least 4 members (excludes halogenated alkanes) is 2. The van der Waals surface area contributed by atoms with E-state index in [0.717, 1.165) is 31.2 Å². The quantitative estimate of drug-likeness (QED) is 0.212. The van der Waals surface area contributed by atoms with Crippen molar-refractivity contribution in [3.05, 3.63) is 70.6 Å². The molecule has 0 amide bonds. The Kier molecular flexibility index (Phi) is 10.1. The van der Waals surface area contributed by atoms with E-state index in [9.17, 15) is 4.79 Å². The number of carbonyl (C=O) groups excluding carboxylic acids is 1. The second-order valence-electron chi connectivity index (χ2n) is 8.99. The van der Waals surface area contributed by atoms with Crippen molar-refractivity contribution in [1.82, 2.24) is 0 Å². The SMILES string of the molecule is C=CCCCCc1cc(C2CC2)cc(C)c1-c1cc(C)c(F)c([C@@H](N)CC(=O)OCC)c1.Cl. The van der Waals surface area contributed by atoms with Gasteiger partial charge in [-0.15, -0.1) is 19.0 Å². The second kappa shape index (κ2) is 12.3. The summed E-state index contributed by atoms with van der Waals surface area (Å²) in [6.07, 6.45) is 8.63. The highest BCUT2D eigenvalue weighted by Gasteiger charge is 2.26. The third-order valence-corrected chi connectivity index (χ3v) is 6.26. The van der Waals surface area contributed by atoms with Crippen LogP contribution in [0.4, 0.5) is 4.39 Å². The topological polar surface area (TPSA) is 52.3 Å². The molecule has 0 bridgehead atoms. The van der Waals surface area contributed by atoms with Crippen LogP contribution in [0, 0.1) is 19.7 Å². The van der Waals surface area contributed by atoms with E-state index in [4.69, 9.17) is 10.5 Å².